The minimum absolute atomic E-state index is 0.000927. The molecule has 0 bridgehead atoms. The van der Waals surface area contributed by atoms with E-state index in [0.717, 1.165) is 21.2 Å². The zero-order valence-electron chi connectivity index (χ0n) is 21.1. The molecule has 1 N–H and O–H groups in total. The van der Waals surface area contributed by atoms with Gasteiger partial charge in [-0.05, 0) is 58.8 Å². The van der Waals surface area contributed by atoms with Crippen molar-refractivity contribution in [1.29, 1.82) is 0 Å². The average Bonchev–Trinajstić information content (AvgIpc) is 3.11. The Balaban J connectivity index is 1.30. The number of fused-ring (bicyclic) bond motifs is 1. The number of carbonyl (C=O) groups is 3. The van der Waals surface area contributed by atoms with Crippen LogP contribution < -0.4 is 15.0 Å². The van der Waals surface area contributed by atoms with E-state index in [4.69, 9.17) is 16.3 Å². The van der Waals surface area contributed by atoms with Crippen LogP contribution in [0.15, 0.2) is 102 Å². The molecule has 4 aromatic rings. The summed E-state index contributed by atoms with van der Waals surface area (Å²) in [6.45, 7) is 6.34. The highest BCUT2D eigenvalue weighted by atomic mass is 35.5. The van der Waals surface area contributed by atoms with Crippen LogP contribution in [0.25, 0.3) is 10.8 Å². The number of ether oxygens (including phenoxy) is 1. The Hall–Kier alpha value is -4.42. The molecule has 1 aliphatic rings. The topological polar surface area (TPSA) is 75.7 Å². The third-order valence-corrected chi connectivity index (χ3v) is 6.71. The van der Waals surface area contributed by atoms with Crippen molar-refractivity contribution in [3.05, 3.63) is 113 Å². The van der Waals surface area contributed by atoms with Crippen LogP contribution >= 0.6 is 11.6 Å². The smallest absolute Gasteiger partial charge is 0.343 e. The summed E-state index contributed by atoms with van der Waals surface area (Å²) in [6, 6.07) is 26.7. The van der Waals surface area contributed by atoms with Gasteiger partial charge < -0.3 is 10.1 Å². The third kappa shape index (κ3) is 4.78. The average molecular weight is 525 g/mol. The van der Waals surface area contributed by atoms with Crippen molar-refractivity contribution in [3.8, 4) is 5.75 Å². The van der Waals surface area contributed by atoms with E-state index in [2.05, 4.69) is 26.1 Å². The van der Waals surface area contributed by atoms with Crippen molar-refractivity contribution in [2.45, 2.75) is 26.2 Å². The normalized spacial score (nSPS) is 13.8. The van der Waals surface area contributed by atoms with Crippen molar-refractivity contribution >= 4 is 51.5 Å². The molecular formula is C31H25ClN2O4. The minimum atomic E-state index is -0.604. The second-order valence-electron chi connectivity index (χ2n) is 10.00. The summed E-state index contributed by atoms with van der Waals surface area (Å²) in [5, 5.41) is 4.40. The van der Waals surface area contributed by atoms with Gasteiger partial charge in [0.25, 0.3) is 11.8 Å². The third-order valence-electron chi connectivity index (χ3n) is 6.36. The first-order valence-electron chi connectivity index (χ1n) is 12.1. The van der Waals surface area contributed by atoms with Gasteiger partial charge in [0.2, 0.25) is 0 Å². The van der Waals surface area contributed by atoms with E-state index in [1.807, 2.05) is 42.5 Å². The van der Waals surface area contributed by atoms with E-state index in [1.54, 1.807) is 48.5 Å². The van der Waals surface area contributed by atoms with Gasteiger partial charge in [0.05, 0.1) is 11.3 Å². The predicted molar refractivity (Wildman–Crippen MR) is 149 cm³/mol. The first-order valence-corrected chi connectivity index (χ1v) is 12.5. The molecule has 0 saturated heterocycles. The molecular weight excluding hydrogens is 500 g/mol. The second kappa shape index (κ2) is 9.80. The standard InChI is InChI=1S/C31H25ClN2O4/c1-31(2,3)21-13-17-23(18-14-21)38-30(37)20-11-15-22(16-12-20)33-27-26(32)28(35)34(29(27)36)25-10-6-8-19-7-4-5-9-24(19)25/h4-18,33H,1-3H3. The van der Waals surface area contributed by atoms with Crippen LogP contribution in [0.1, 0.15) is 36.7 Å². The van der Waals surface area contributed by atoms with Crippen molar-refractivity contribution in [3.63, 3.8) is 0 Å². The maximum atomic E-state index is 13.3. The lowest BCUT2D eigenvalue weighted by Gasteiger charge is -2.19. The van der Waals surface area contributed by atoms with Crippen molar-refractivity contribution in [1.82, 2.24) is 0 Å². The zero-order chi connectivity index (χ0) is 27.0. The Bertz CT molecular complexity index is 1590. The van der Waals surface area contributed by atoms with Crippen LogP contribution in [-0.2, 0) is 15.0 Å². The highest BCUT2D eigenvalue weighted by Crippen LogP contribution is 2.34. The van der Waals surface area contributed by atoms with Crippen molar-refractivity contribution in [2.24, 2.45) is 0 Å². The lowest BCUT2D eigenvalue weighted by Crippen LogP contribution is -2.32. The number of benzene rings is 4. The first-order chi connectivity index (χ1) is 18.1. The van der Waals surface area contributed by atoms with Gasteiger partial charge in [-0.3, -0.25) is 9.59 Å². The molecule has 4 aromatic carbocycles. The summed E-state index contributed by atoms with van der Waals surface area (Å²) in [7, 11) is 0. The summed E-state index contributed by atoms with van der Waals surface area (Å²) < 4.78 is 5.49. The molecule has 5 rings (SSSR count). The summed E-state index contributed by atoms with van der Waals surface area (Å²) in [5.41, 5.74) is 2.40. The highest BCUT2D eigenvalue weighted by Gasteiger charge is 2.39. The largest absolute Gasteiger partial charge is 0.423 e. The van der Waals surface area contributed by atoms with Crippen LogP contribution in [-0.4, -0.2) is 17.8 Å². The van der Waals surface area contributed by atoms with Gasteiger partial charge in [0.15, 0.2) is 0 Å². The molecule has 7 heteroatoms. The predicted octanol–water partition coefficient (Wildman–Crippen LogP) is 6.79. The Morgan fingerprint density at radius 2 is 1.47 bits per heavy atom. The van der Waals surface area contributed by atoms with Crippen LogP contribution in [0, 0.1) is 0 Å². The number of imide groups is 1. The van der Waals surface area contributed by atoms with Gasteiger partial charge in [0, 0.05) is 11.1 Å². The fraction of sp³-hybridized carbons (Fsp3) is 0.129. The van der Waals surface area contributed by atoms with Crippen LogP contribution in [0.4, 0.5) is 11.4 Å². The van der Waals surface area contributed by atoms with Gasteiger partial charge >= 0.3 is 5.97 Å². The van der Waals surface area contributed by atoms with Crippen LogP contribution in [0.2, 0.25) is 0 Å². The summed E-state index contributed by atoms with van der Waals surface area (Å²) in [5.74, 6) is -1.22. The monoisotopic (exact) mass is 524 g/mol. The van der Waals surface area contributed by atoms with Crippen LogP contribution in [0.3, 0.4) is 0 Å². The summed E-state index contributed by atoms with van der Waals surface area (Å²) in [6.07, 6.45) is 0. The molecule has 6 nitrogen and oxygen atoms in total. The summed E-state index contributed by atoms with van der Waals surface area (Å²) >= 11 is 6.31. The molecule has 0 radical (unpaired) electrons. The Morgan fingerprint density at radius 1 is 0.816 bits per heavy atom. The number of hydrogen-bond donors (Lipinski definition) is 1. The molecule has 0 saturated carbocycles. The van der Waals surface area contributed by atoms with E-state index >= 15 is 0 Å². The molecule has 0 unspecified atom stereocenters. The number of amides is 2. The Labute approximate surface area is 225 Å². The number of nitrogens with one attached hydrogen (secondary N) is 1. The van der Waals surface area contributed by atoms with Gasteiger partial charge in [-0.15, -0.1) is 0 Å². The number of anilines is 2. The number of esters is 1. The molecule has 0 fully saturated rings. The molecule has 1 aliphatic heterocycles. The SMILES string of the molecule is CC(C)(C)c1ccc(OC(=O)c2ccc(NC3=C(Cl)C(=O)N(c4cccc5ccccc45)C3=O)cc2)cc1. The van der Waals surface area contributed by atoms with E-state index in [1.165, 1.54) is 0 Å². The van der Waals surface area contributed by atoms with Gasteiger partial charge in [-0.1, -0.05) is 80.9 Å². The first kappa shape index (κ1) is 25.2. The molecule has 2 amide bonds. The summed E-state index contributed by atoms with van der Waals surface area (Å²) in [4.78, 5) is 39.9. The molecule has 0 atom stereocenters. The number of hydrogen-bond acceptors (Lipinski definition) is 5. The minimum Gasteiger partial charge on any atom is -0.423 e. The van der Waals surface area contributed by atoms with E-state index < -0.39 is 17.8 Å². The Morgan fingerprint density at radius 3 is 2.16 bits per heavy atom. The van der Waals surface area contributed by atoms with E-state index in [9.17, 15) is 14.4 Å². The van der Waals surface area contributed by atoms with Crippen LogP contribution in [0.5, 0.6) is 5.75 Å². The van der Waals surface area contributed by atoms with Crippen molar-refractivity contribution < 1.29 is 19.1 Å². The zero-order valence-corrected chi connectivity index (χ0v) is 21.9. The highest BCUT2D eigenvalue weighted by molar-refractivity contribution is 6.53. The fourth-order valence-electron chi connectivity index (χ4n) is 4.26. The van der Waals surface area contributed by atoms with Gasteiger partial charge in [-0.25, -0.2) is 9.69 Å². The lowest BCUT2D eigenvalue weighted by molar-refractivity contribution is -0.120. The molecule has 0 spiro atoms. The number of nitrogens with zero attached hydrogens (tertiary/aromatic N) is 1. The lowest BCUT2D eigenvalue weighted by atomic mass is 9.87. The maximum absolute atomic E-state index is 13.3. The maximum Gasteiger partial charge on any atom is 0.343 e. The fourth-order valence-corrected chi connectivity index (χ4v) is 4.47. The molecule has 190 valence electrons. The van der Waals surface area contributed by atoms with Crippen molar-refractivity contribution in [2.75, 3.05) is 10.2 Å². The quantitative estimate of drug-likeness (QED) is 0.177. The molecule has 0 aromatic heterocycles. The van der Waals surface area contributed by atoms with E-state index in [-0.39, 0.29) is 16.1 Å². The number of rotatable bonds is 5. The Kier molecular flexibility index (Phi) is 6.51. The second-order valence-corrected chi connectivity index (χ2v) is 10.4. The number of carbonyl (C=O) groups excluding carboxylic acids is 3. The molecule has 38 heavy (non-hydrogen) atoms. The van der Waals surface area contributed by atoms with Gasteiger partial charge in [-0.2, -0.15) is 0 Å². The molecule has 1 heterocycles. The number of halogens is 1. The van der Waals surface area contributed by atoms with Gasteiger partial charge in [0.1, 0.15) is 16.5 Å². The molecule has 0 aliphatic carbocycles. The van der Waals surface area contributed by atoms with E-state index in [0.29, 0.717) is 22.7 Å².